The van der Waals surface area contributed by atoms with E-state index in [4.69, 9.17) is 4.74 Å². The Hall–Kier alpha value is -4.20. The highest BCUT2D eigenvalue weighted by molar-refractivity contribution is 5.95. The summed E-state index contributed by atoms with van der Waals surface area (Å²) >= 11 is 0. The summed E-state index contributed by atoms with van der Waals surface area (Å²) in [5, 5.41) is 7.31. The first-order valence-corrected chi connectivity index (χ1v) is 13.2. The number of nitrogens with one attached hydrogen (secondary N) is 1. The van der Waals surface area contributed by atoms with Gasteiger partial charge in [0.15, 0.2) is 11.6 Å². The van der Waals surface area contributed by atoms with Crippen LogP contribution in [0.25, 0.3) is 5.82 Å². The van der Waals surface area contributed by atoms with Crippen molar-refractivity contribution in [2.45, 2.75) is 38.1 Å². The number of amides is 2. The molecule has 1 N–H and O–H groups in total. The molecule has 218 valence electrons. The highest BCUT2D eigenvalue weighted by Gasteiger charge is 2.33. The Morgan fingerprint density at radius 3 is 2.46 bits per heavy atom. The summed E-state index contributed by atoms with van der Waals surface area (Å²) in [5.41, 5.74) is 1.08. The molecule has 1 aliphatic heterocycles. The summed E-state index contributed by atoms with van der Waals surface area (Å²) < 4.78 is 49.6. The Balaban J connectivity index is 1.38. The predicted molar refractivity (Wildman–Crippen MR) is 141 cm³/mol. The van der Waals surface area contributed by atoms with Gasteiger partial charge >= 0.3 is 6.36 Å². The number of carbonyl (C=O) groups excluding carboxylic acids is 2. The maximum Gasteiger partial charge on any atom is 0.573 e. The van der Waals surface area contributed by atoms with E-state index >= 15 is 0 Å². The van der Waals surface area contributed by atoms with E-state index in [1.54, 1.807) is 49.0 Å². The number of pyridine rings is 1. The number of alkyl halides is 3. The largest absolute Gasteiger partial charge is 0.573 e. The lowest BCUT2D eigenvalue weighted by Crippen LogP contribution is -2.40. The van der Waals surface area contributed by atoms with E-state index < -0.39 is 24.1 Å². The lowest BCUT2D eigenvalue weighted by molar-refractivity contribution is -0.274. The second kappa shape index (κ2) is 11.4. The van der Waals surface area contributed by atoms with Gasteiger partial charge in [0.05, 0.1) is 24.8 Å². The van der Waals surface area contributed by atoms with Crippen LogP contribution in [0.15, 0.2) is 36.5 Å². The van der Waals surface area contributed by atoms with E-state index in [9.17, 15) is 22.8 Å². The van der Waals surface area contributed by atoms with Crippen LogP contribution in [0, 0.1) is 0 Å². The number of ether oxygens (including phenoxy) is 2. The van der Waals surface area contributed by atoms with E-state index in [0.29, 0.717) is 55.0 Å². The van der Waals surface area contributed by atoms with Gasteiger partial charge < -0.3 is 24.6 Å². The van der Waals surface area contributed by atoms with Crippen LogP contribution < -0.4 is 15.0 Å². The average Bonchev–Trinajstić information content (AvgIpc) is 3.69. The van der Waals surface area contributed by atoms with Crippen molar-refractivity contribution >= 4 is 17.8 Å². The second-order valence-corrected chi connectivity index (χ2v) is 10.2. The van der Waals surface area contributed by atoms with E-state index in [0.717, 1.165) is 18.9 Å². The number of hydrogen-bond donors (Lipinski definition) is 1. The monoisotopic (exact) mass is 573 g/mol. The summed E-state index contributed by atoms with van der Waals surface area (Å²) in [4.78, 5) is 38.4. The minimum absolute atomic E-state index is 0.0449. The molecule has 1 saturated heterocycles. The zero-order valence-corrected chi connectivity index (χ0v) is 22.8. The first-order valence-electron chi connectivity index (χ1n) is 13.2. The van der Waals surface area contributed by atoms with Gasteiger partial charge in [-0.25, -0.2) is 4.98 Å². The highest BCUT2D eigenvalue weighted by atomic mass is 19.4. The number of halogens is 3. The molecular formula is C27H30F3N7O4. The lowest BCUT2D eigenvalue weighted by atomic mass is 10.1. The molecule has 3 aromatic rings. The van der Waals surface area contributed by atoms with Crippen LogP contribution in [0.1, 0.15) is 63.8 Å². The van der Waals surface area contributed by atoms with Crippen molar-refractivity contribution in [1.29, 1.82) is 0 Å². The van der Waals surface area contributed by atoms with Crippen LogP contribution in [0.3, 0.4) is 0 Å². The molecule has 0 radical (unpaired) electrons. The van der Waals surface area contributed by atoms with Gasteiger partial charge in [-0.15, -0.1) is 18.3 Å². The van der Waals surface area contributed by atoms with E-state index in [1.807, 2.05) is 0 Å². The fraction of sp³-hybridized carbons (Fsp3) is 0.444. The molecule has 0 spiro atoms. The van der Waals surface area contributed by atoms with Gasteiger partial charge in [0.25, 0.3) is 11.8 Å². The molecule has 14 heteroatoms. The van der Waals surface area contributed by atoms with Crippen molar-refractivity contribution in [3.63, 3.8) is 0 Å². The average molecular weight is 574 g/mol. The molecule has 41 heavy (non-hydrogen) atoms. The van der Waals surface area contributed by atoms with Gasteiger partial charge in [-0.2, -0.15) is 9.67 Å². The number of anilines is 1. The number of hydrogen-bond acceptors (Lipinski definition) is 8. The van der Waals surface area contributed by atoms with Crippen LogP contribution in [0.2, 0.25) is 0 Å². The van der Waals surface area contributed by atoms with Crippen LogP contribution in [0.5, 0.6) is 5.75 Å². The normalized spacial score (nSPS) is 16.3. The highest BCUT2D eigenvalue weighted by Crippen LogP contribution is 2.42. The fourth-order valence-electron chi connectivity index (χ4n) is 4.48. The minimum Gasteiger partial charge on any atom is -0.406 e. The quantitative estimate of drug-likeness (QED) is 0.436. The van der Waals surface area contributed by atoms with Gasteiger partial charge in [0, 0.05) is 38.9 Å². The van der Waals surface area contributed by atoms with Crippen LogP contribution >= 0.6 is 0 Å². The third kappa shape index (κ3) is 6.76. The number of carbonyl (C=O) groups is 2. The Morgan fingerprint density at radius 2 is 1.85 bits per heavy atom. The van der Waals surface area contributed by atoms with Crippen molar-refractivity contribution in [1.82, 2.24) is 30.0 Å². The molecule has 0 bridgehead atoms. The third-order valence-corrected chi connectivity index (χ3v) is 6.74. The molecule has 1 aliphatic carbocycles. The Labute approximate surface area is 234 Å². The van der Waals surface area contributed by atoms with Crippen LogP contribution in [0.4, 0.5) is 19.1 Å². The first-order chi connectivity index (χ1) is 19.5. The molecule has 2 aromatic heterocycles. The number of rotatable bonds is 8. The number of morpholine rings is 1. The van der Waals surface area contributed by atoms with E-state index in [-0.39, 0.29) is 17.4 Å². The molecule has 5 rings (SSSR count). The zero-order valence-electron chi connectivity index (χ0n) is 22.8. The molecule has 2 fully saturated rings. The SMILES string of the molecule is C[C@H](NC(=O)c1cc(OC(F)(F)F)cc(C2CC2)c1)c1nc(N(C)C)nn1-c1ccc(C(=O)N2CCOCC2)cn1. The van der Waals surface area contributed by atoms with Gasteiger partial charge in [0.1, 0.15) is 5.75 Å². The fourth-order valence-corrected chi connectivity index (χ4v) is 4.48. The van der Waals surface area contributed by atoms with Crippen molar-refractivity contribution < 1.29 is 32.2 Å². The topological polar surface area (TPSA) is 115 Å². The minimum atomic E-state index is -4.88. The zero-order chi connectivity index (χ0) is 29.3. The molecule has 1 atom stereocenters. The summed E-state index contributed by atoms with van der Waals surface area (Å²) in [6.45, 7) is 3.66. The van der Waals surface area contributed by atoms with Crippen molar-refractivity contribution in [2.24, 2.45) is 0 Å². The Bertz CT molecular complexity index is 1420. The number of nitrogens with zero attached hydrogens (tertiary/aromatic N) is 6. The molecule has 2 aliphatic rings. The lowest BCUT2D eigenvalue weighted by Gasteiger charge is -2.26. The molecular weight excluding hydrogens is 543 g/mol. The first kappa shape index (κ1) is 28.3. The molecule has 2 amide bonds. The van der Waals surface area contributed by atoms with Crippen LogP contribution in [-0.2, 0) is 4.74 Å². The van der Waals surface area contributed by atoms with Crippen LogP contribution in [-0.4, -0.2) is 83.2 Å². The number of aromatic nitrogens is 4. The van der Waals surface area contributed by atoms with E-state index in [1.165, 1.54) is 16.9 Å². The standard InChI is InChI=1S/C27H30F3N7O4/c1-16(32-24(38)20-12-19(17-4-5-17)13-21(14-20)41-27(28,29)30)23-33-26(35(2)3)34-37(23)22-7-6-18(15-31-22)25(39)36-8-10-40-11-9-36/h6-7,12-17H,4-5,8-11H2,1-3H3,(H,32,38)/t16-/m0/s1. The van der Waals surface area contributed by atoms with Gasteiger partial charge in [-0.05, 0) is 61.6 Å². The van der Waals surface area contributed by atoms with Crippen molar-refractivity contribution in [3.8, 4) is 11.6 Å². The third-order valence-electron chi connectivity index (χ3n) is 6.74. The molecule has 1 saturated carbocycles. The molecule has 11 nitrogen and oxygen atoms in total. The summed E-state index contributed by atoms with van der Waals surface area (Å²) in [7, 11) is 3.52. The molecule has 0 unspecified atom stereocenters. The van der Waals surface area contributed by atoms with Gasteiger partial charge in [0.2, 0.25) is 5.95 Å². The summed E-state index contributed by atoms with van der Waals surface area (Å²) in [5.74, 6) is -0.00784. The maximum absolute atomic E-state index is 13.2. The van der Waals surface area contributed by atoms with Gasteiger partial charge in [-0.3, -0.25) is 9.59 Å². The molecule has 3 heterocycles. The molecule has 1 aromatic carbocycles. The van der Waals surface area contributed by atoms with Crippen molar-refractivity contribution in [2.75, 3.05) is 45.3 Å². The number of benzene rings is 1. The van der Waals surface area contributed by atoms with Crippen molar-refractivity contribution in [3.05, 3.63) is 59.0 Å². The Kier molecular flexibility index (Phi) is 7.84. The smallest absolute Gasteiger partial charge is 0.406 e. The Morgan fingerprint density at radius 1 is 1.12 bits per heavy atom. The summed E-state index contributed by atoms with van der Waals surface area (Å²) in [6.07, 6.45) is -1.74. The predicted octanol–water partition coefficient (Wildman–Crippen LogP) is 3.47. The summed E-state index contributed by atoms with van der Waals surface area (Å²) in [6, 6.07) is 6.56. The van der Waals surface area contributed by atoms with Gasteiger partial charge in [-0.1, -0.05) is 0 Å². The second-order valence-electron chi connectivity index (χ2n) is 10.2. The van der Waals surface area contributed by atoms with E-state index in [2.05, 4.69) is 25.1 Å². The maximum atomic E-state index is 13.2.